The van der Waals surface area contributed by atoms with E-state index in [1.165, 1.54) is 0 Å². The number of nitrogens with one attached hydrogen (secondary N) is 1. The predicted molar refractivity (Wildman–Crippen MR) is 105 cm³/mol. The smallest absolute Gasteiger partial charge is 0.317 e. The molecular weight excluding hydrogens is 358 g/mol. The minimum atomic E-state index is -0.847. The molecular formula is C21H29N3O4. The first-order valence-corrected chi connectivity index (χ1v) is 10.0. The third-order valence-corrected chi connectivity index (χ3v) is 5.60. The Kier molecular flexibility index (Phi) is 6.54. The van der Waals surface area contributed by atoms with E-state index < -0.39 is 11.9 Å². The first kappa shape index (κ1) is 20.2. The summed E-state index contributed by atoms with van der Waals surface area (Å²) < 4.78 is 0. The molecule has 7 nitrogen and oxygen atoms in total. The van der Waals surface area contributed by atoms with Crippen LogP contribution in [0.15, 0.2) is 30.3 Å². The quantitative estimate of drug-likeness (QED) is 0.827. The van der Waals surface area contributed by atoms with Gasteiger partial charge in [0.15, 0.2) is 0 Å². The number of carbonyl (C=O) groups is 3. The molecule has 2 fully saturated rings. The van der Waals surface area contributed by atoms with E-state index in [9.17, 15) is 19.5 Å². The topological polar surface area (TPSA) is 89.9 Å². The molecule has 3 atom stereocenters. The van der Waals surface area contributed by atoms with E-state index in [0.29, 0.717) is 32.5 Å². The van der Waals surface area contributed by atoms with Crippen molar-refractivity contribution in [3.63, 3.8) is 0 Å². The van der Waals surface area contributed by atoms with Crippen molar-refractivity contribution < 1.29 is 19.5 Å². The molecule has 0 spiro atoms. The number of carboxylic acid groups (broad SMARTS) is 1. The number of hydrogen-bond acceptors (Lipinski definition) is 3. The minimum absolute atomic E-state index is 0.0719. The number of carbonyl (C=O) groups excluding carboxylic acids is 2. The molecule has 0 radical (unpaired) electrons. The van der Waals surface area contributed by atoms with Gasteiger partial charge in [0.2, 0.25) is 5.91 Å². The Morgan fingerprint density at radius 1 is 1.11 bits per heavy atom. The summed E-state index contributed by atoms with van der Waals surface area (Å²) >= 11 is 0. The molecule has 1 aromatic rings. The summed E-state index contributed by atoms with van der Waals surface area (Å²) in [4.78, 5) is 40.0. The summed E-state index contributed by atoms with van der Waals surface area (Å²) in [6.07, 6.45) is 2.64. The maximum absolute atomic E-state index is 12.7. The monoisotopic (exact) mass is 387 g/mol. The Morgan fingerprint density at radius 2 is 1.86 bits per heavy atom. The van der Waals surface area contributed by atoms with Crippen LogP contribution in [0, 0.1) is 11.8 Å². The number of likely N-dealkylation sites (tertiary alicyclic amines) is 2. The first-order valence-electron chi connectivity index (χ1n) is 10.0. The lowest BCUT2D eigenvalue weighted by atomic mass is 9.91. The van der Waals surface area contributed by atoms with Crippen LogP contribution in [0.1, 0.15) is 31.7 Å². The molecule has 3 rings (SSSR count). The second-order valence-electron chi connectivity index (χ2n) is 8.07. The number of benzene rings is 1. The van der Waals surface area contributed by atoms with Crippen LogP contribution in [-0.4, -0.2) is 65.0 Å². The van der Waals surface area contributed by atoms with Crippen molar-refractivity contribution in [2.24, 2.45) is 11.8 Å². The average molecular weight is 387 g/mol. The molecule has 2 aliphatic rings. The zero-order valence-corrected chi connectivity index (χ0v) is 16.3. The van der Waals surface area contributed by atoms with Crippen LogP contribution < -0.4 is 5.32 Å². The second-order valence-corrected chi connectivity index (χ2v) is 8.07. The van der Waals surface area contributed by atoms with Crippen molar-refractivity contribution >= 4 is 17.9 Å². The summed E-state index contributed by atoms with van der Waals surface area (Å²) in [7, 11) is 0. The molecule has 2 aliphatic heterocycles. The number of amides is 3. The lowest BCUT2D eigenvalue weighted by Gasteiger charge is -2.38. The fraction of sp³-hybridized carbons (Fsp3) is 0.571. The van der Waals surface area contributed by atoms with Gasteiger partial charge in [0.05, 0.1) is 12.3 Å². The number of carboxylic acids is 1. The maximum Gasteiger partial charge on any atom is 0.317 e. The van der Waals surface area contributed by atoms with Crippen molar-refractivity contribution in [3.8, 4) is 0 Å². The first-order chi connectivity index (χ1) is 13.4. The van der Waals surface area contributed by atoms with E-state index >= 15 is 0 Å². The van der Waals surface area contributed by atoms with Gasteiger partial charge in [-0.2, -0.15) is 0 Å². The number of aliphatic carboxylic acids is 1. The van der Waals surface area contributed by atoms with Crippen LogP contribution in [0.4, 0.5) is 4.79 Å². The van der Waals surface area contributed by atoms with Gasteiger partial charge in [0, 0.05) is 32.2 Å². The fourth-order valence-corrected chi connectivity index (χ4v) is 4.17. The lowest BCUT2D eigenvalue weighted by Crippen LogP contribution is -2.55. The molecule has 0 bridgehead atoms. The zero-order valence-electron chi connectivity index (χ0n) is 16.3. The van der Waals surface area contributed by atoms with E-state index in [1.807, 2.05) is 42.2 Å². The largest absolute Gasteiger partial charge is 0.481 e. The van der Waals surface area contributed by atoms with Gasteiger partial charge in [0.25, 0.3) is 0 Å². The van der Waals surface area contributed by atoms with Crippen LogP contribution in [0.25, 0.3) is 0 Å². The number of nitrogens with zero attached hydrogens (tertiary/aromatic N) is 2. The summed E-state index contributed by atoms with van der Waals surface area (Å²) in [5.74, 6) is -1.12. The molecule has 0 aromatic heterocycles. The van der Waals surface area contributed by atoms with Gasteiger partial charge in [-0.3, -0.25) is 9.59 Å². The van der Waals surface area contributed by atoms with Crippen LogP contribution in [0.2, 0.25) is 0 Å². The average Bonchev–Trinajstić information content (AvgIpc) is 2.68. The van der Waals surface area contributed by atoms with E-state index in [2.05, 4.69) is 5.32 Å². The third-order valence-electron chi connectivity index (χ3n) is 5.60. The minimum Gasteiger partial charge on any atom is -0.481 e. The Bertz CT molecular complexity index is 709. The summed E-state index contributed by atoms with van der Waals surface area (Å²) in [5, 5.41) is 12.3. The molecule has 0 aliphatic carbocycles. The van der Waals surface area contributed by atoms with Crippen LogP contribution in [0.3, 0.4) is 0 Å². The van der Waals surface area contributed by atoms with E-state index in [4.69, 9.17) is 0 Å². The highest BCUT2D eigenvalue weighted by molar-refractivity contribution is 5.79. The van der Waals surface area contributed by atoms with Crippen LogP contribution in [0.5, 0.6) is 0 Å². The highest BCUT2D eigenvalue weighted by Gasteiger charge is 2.33. The van der Waals surface area contributed by atoms with Crippen LogP contribution in [-0.2, 0) is 16.0 Å². The Labute approximate surface area is 165 Å². The molecule has 28 heavy (non-hydrogen) atoms. The maximum atomic E-state index is 12.7. The van der Waals surface area contributed by atoms with Gasteiger partial charge in [-0.1, -0.05) is 37.3 Å². The molecule has 2 N–H and O–H groups in total. The normalized spacial score (nSPS) is 25.2. The Morgan fingerprint density at radius 3 is 2.57 bits per heavy atom. The number of hydrogen-bond donors (Lipinski definition) is 2. The van der Waals surface area contributed by atoms with Gasteiger partial charge in [-0.15, -0.1) is 0 Å². The summed E-state index contributed by atoms with van der Waals surface area (Å²) in [6, 6.07) is 9.34. The second kappa shape index (κ2) is 9.08. The Hall–Kier alpha value is -2.57. The number of piperidine rings is 2. The van der Waals surface area contributed by atoms with Crippen molar-refractivity contribution in [2.75, 3.05) is 26.2 Å². The van der Waals surface area contributed by atoms with Gasteiger partial charge in [-0.05, 0) is 30.7 Å². The number of rotatable bonds is 4. The predicted octanol–water partition coefficient (Wildman–Crippen LogP) is 1.97. The molecule has 152 valence electrons. The number of urea groups is 1. The van der Waals surface area contributed by atoms with Gasteiger partial charge in [-0.25, -0.2) is 4.79 Å². The molecule has 7 heteroatoms. The van der Waals surface area contributed by atoms with E-state index in [1.54, 1.807) is 4.90 Å². The van der Waals surface area contributed by atoms with Gasteiger partial charge < -0.3 is 20.2 Å². The van der Waals surface area contributed by atoms with Crippen molar-refractivity contribution in [2.45, 2.75) is 38.6 Å². The molecule has 3 unspecified atom stereocenters. The van der Waals surface area contributed by atoms with Crippen molar-refractivity contribution in [1.29, 1.82) is 0 Å². The summed E-state index contributed by atoms with van der Waals surface area (Å²) in [5.41, 5.74) is 0.987. The molecule has 2 heterocycles. The highest BCUT2D eigenvalue weighted by atomic mass is 16.4. The lowest BCUT2D eigenvalue weighted by molar-refractivity contribution is -0.143. The Balaban J connectivity index is 1.53. The fourth-order valence-electron chi connectivity index (χ4n) is 4.17. The summed E-state index contributed by atoms with van der Waals surface area (Å²) in [6.45, 7) is 4.00. The third kappa shape index (κ3) is 5.24. The van der Waals surface area contributed by atoms with Gasteiger partial charge >= 0.3 is 12.0 Å². The molecule has 3 amide bonds. The standard InChI is InChI=1S/C21H29N3O4/c1-15-10-17(20(26)27)13-24(12-15)21(28)22-18-8-5-9-23(14-18)19(25)11-16-6-3-2-4-7-16/h2-4,6-7,15,17-18H,5,8-14H2,1H3,(H,22,28)(H,26,27). The van der Waals surface area contributed by atoms with E-state index in [-0.39, 0.29) is 30.4 Å². The van der Waals surface area contributed by atoms with Gasteiger partial charge in [0.1, 0.15) is 0 Å². The zero-order chi connectivity index (χ0) is 20.1. The van der Waals surface area contributed by atoms with Crippen molar-refractivity contribution in [3.05, 3.63) is 35.9 Å². The molecule has 0 saturated carbocycles. The molecule has 2 saturated heterocycles. The molecule has 1 aromatic carbocycles. The SMILES string of the molecule is CC1CC(C(=O)O)CN(C(=O)NC2CCCN(C(=O)Cc3ccccc3)C2)C1. The van der Waals surface area contributed by atoms with Crippen molar-refractivity contribution in [1.82, 2.24) is 15.1 Å². The van der Waals surface area contributed by atoms with E-state index in [0.717, 1.165) is 18.4 Å². The highest BCUT2D eigenvalue weighted by Crippen LogP contribution is 2.22. The van der Waals surface area contributed by atoms with Crippen LogP contribution >= 0.6 is 0 Å².